The van der Waals surface area contributed by atoms with Crippen molar-refractivity contribution >= 4 is 39.3 Å². The van der Waals surface area contributed by atoms with Gasteiger partial charge in [-0.2, -0.15) is 0 Å². The van der Waals surface area contributed by atoms with Gasteiger partial charge in [-0.15, -0.1) is 0 Å². The zero-order valence-electron chi connectivity index (χ0n) is 19.0. The molecule has 1 atom stereocenters. The molecule has 2 aromatic heterocycles. The van der Waals surface area contributed by atoms with Crippen LogP contribution in [0.3, 0.4) is 0 Å². The van der Waals surface area contributed by atoms with Crippen molar-refractivity contribution in [1.82, 2.24) is 4.57 Å². The fourth-order valence-corrected chi connectivity index (χ4v) is 5.36. The molecule has 0 radical (unpaired) electrons. The molecule has 0 saturated heterocycles. The van der Waals surface area contributed by atoms with E-state index in [1.54, 1.807) is 24.5 Å². The number of benzene rings is 2. The molecule has 0 fully saturated rings. The van der Waals surface area contributed by atoms with Crippen LogP contribution in [-0.2, 0) is 9.53 Å². The third kappa shape index (κ3) is 4.47. The summed E-state index contributed by atoms with van der Waals surface area (Å²) in [6.07, 6.45) is 1.72. The normalized spacial score (nSPS) is 15.6. The van der Waals surface area contributed by atoms with Gasteiger partial charge < -0.3 is 9.15 Å². The fraction of sp³-hybridized carbons (Fsp3) is 0.148. The Morgan fingerprint density at radius 3 is 2.60 bits per heavy atom. The number of halogens is 1. The van der Waals surface area contributed by atoms with Crippen LogP contribution < -0.4 is 14.9 Å². The number of furan rings is 1. The van der Waals surface area contributed by atoms with Crippen LogP contribution in [0.2, 0.25) is 0 Å². The molecule has 35 heavy (non-hydrogen) atoms. The quantitative estimate of drug-likeness (QED) is 0.335. The second-order valence-corrected chi connectivity index (χ2v) is 9.85. The van der Waals surface area contributed by atoms with Crippen LogP contribution >= 0.6 is 27.3 Å². The van der Waals surface area contributed by atoms with E-state index in [1.165, 1.54) is 11.3 Å². The Bertz CT molecular complexity index is 1610. The average Bonchev–Trinajstić information content (AvgIpc) is 3.44. The maximum Gasteiger partial charge on any atom is 0.338 e. The molecule has 8 heteroatoms. The van der Waals surface area contributed by atoms with Gasteiger partial charge in [-0.05, 0) is 43.7 Å². The smallest absolute Gasteiger partial charge is 0.338 e. The second-order valence-electron chi connectivity index (χ2n) is 7.92. The number of carbonyl (C=O) groups excluding carboxylic acids is 1. The van der Waals surface area contributed by atoms with Crippen LogP contribution in [0.25, 0.3) is 17.4 Å². The average molecular weight is 549 g/mol. The number of ether oxygens (including phenoxy) is 1. The first-order valence-electron chi connectivity index (χ1n) is 11.1. The summed E-state index contributed by atoms with van der Waals surface area (Å²) in [6.45, 7) is 3.77. The molecule has 0 bridgehead atoms. The van der Waals surface area contributed by atoms with Crippen molar-refractivity contribution in [3.05, 3.63) is 113 Å². The van der Waals surface area contributed by atoms with Crippen LogP contribution in [0.1, 0.15) is 31.2 Å². The standard InChI is InChI=1S/C27H21BrN2O4S/c1-3-33-26(32)23-16(2)29-27-30(24(23)18-7-5-4-6-8-18)25(31)22(35-27)15-20-13-14-21(34-20)17-9-11-19(28)12-10-17/h4-15,24H,3H2,1-2H3/t24-/m1/s1. The van der Waals surface area contributed by atoms with Gasteiger partial charge in [0, 0.05) is 16.1 Å². The van der Waals surface area contributed by atoms with E-state index in [-0.39, 0.29) is 12.2 Å². The molecule has 6 nitrogen and oxygen atoms in total. The fourth-order valence-electron chi connectivity index (χ4n) is 4.07. The van der Waals surface area contributed by atoms with Crippen LogP contribution in [0.4, 0.5) is 0 Å². The molecule has 3 heterocycles. The molecule has 1 aliphatic heterocycles. The van der Waals surface area contributed by atoms with Gasteiger partial charge >= 0.3 is 5.97 Å². The number of thiazole rings is 1. The zero-order chi connectivity index (χ0) is 24.5. The monoisotopic (exact) mass is 548 g/mol. The van der Waals surface area contributed by atoms with E-state index >= 15 is 0 Å². The first-order chi connectivity index (χ1) is 17.0. The summed E-state index contributed by atoms with van der Waals surface area (Å²) in [4.78, 5) is 31.6. The molecule has 0 N–H and O–H groups in total. The Labute approximate surface area is 213 Å². The van der Waals surface area contributed by atoms with Gasteiger partial charge in [0.1, 0.15) is 11.5 Å². The van der Waals surface area contributed by atoms with Crippen LogP contribution in [0.5, 0.6) is 0 Å². The van der Waals surface area contributed by atoms with Crippen molar-refractivity contribution in [3.63, 3.8) is 0 Å². The lowest BCUT2D eigenvalue weighted by Crippen LogP contribution is -2.39. The number of rotatable bonds is 5. The van der Waals surface area contributed by atoms with Gasteiger partial charge in [0.2, 0.25) is 0 Å². The Hall–Kier alpha value is -3.49. The van der Waals surface area contributed by atoms with Crippen molar-refractivity contribution in [2.75, 3.05) is 6.61 Å². The summed E-state index contributed by atoms with van der Waals surface area (Å²) in [5.74, 6) is 0.798. The van der Waals surface area contributed by atoms with E-state index in [1.807, 2.05) is 66.7 Å². The predicted molar refractivity (Wildman–Crippen MR) is 139 cm³/mol. The highest BCUT2D eigenvalue weighted by Gasteiger charge is 2.33. The first-order valence-corrected chi connectivity index (χ1v) is 12.7. The maximum atomic E-state index is 13.6. The van der Waals surface area contributed by atoms with E-state index in [2.05, 4.69) is 20.9 Å². The van der Waals surface area contributed by atoms with E-state index in [4.69, 9.17) is 9.15 Å². The van der Waals surface area contributed by atoms with Crippen molar-refractivity contribution in [3.8, 4) is 11.3 Å². The summed E-state index contributed by atoms with van der Waals surface area (Å²) in [5.41, 5.74) is 2.42. The molecule has 0 saturated carbocycles. The molecule has 176 valence electrons. The molecular formula is C27H21BrN2O4S. The van der Waals surface area contributed by atoms with Gasteiger partial charge in [0.05, 0.1) is 28.5 Å². The third-order valence-electron chi connectivity index (χ3n) is 5.66. The first kappa shape index (κ1) is 23.3. The lowest BCUT2D eigenvalue weighted by Gasteiger charge is -2.24. The summed E-state index contributed by atoms with van der Waals surface area (Å²) in [5, 5.41) is 0. The largest absolute Gasteiger partial charge is 0.463 e. The Balaban J connectivity index is 1.62. The van der Waals surface area contributed by atoms with Crippen molar-refractivity contribution in [1.29, 1.82) is 0 Å². The number of allylic oxidation sites excluding steroid dienone is 1. The molecule has 2 aromatic carbocycles. The molecular weight excluding hydrogens is 528 g/mol. The minimum Gasteiger partial charge on any atom is -0.463 e. The van der Waals surface area contributed by atoms with Gasteiger partial charge in [0.15, 0.2) is 4.80 Å². The second kappa shape index (κ2) is 9.64. The predicted octanol–water partition coefficient (Wildman–Crippen LogP) is 4.82. The lowest BCUT2D eigenvalue weighted by molar-refractivity contribution is -0.139. The van der Waals surface area contributed by atoms with Crippen molar-refractivity contribution < 1.29 is 13.9 Å². The van der Waals surface area contributed by atoms with Crippen LogP contribution in [0, 0.1) is 0 Å². The highest BCUT2D eigenvalue weighted by molar-refractivity contribution is 9.10. The lowest BCUT2D eigenvalue weighted by atomic mass is 9.96. The SMILES string of the molecule is CCOC(=O)C1=C(C)N=c2sc(=Cc3ccc(-c4ccc(Br)cc4)o3)c(=O)n2[C@@H]1c1ccccc1. The summed E-state index contributed by atoms with van der Waals surface area (Å²) in [7, 11) is 0. The molecule has 1 aliphatic rings. The molecule has 0 spiro atoms. The molecule has 0 amide bonds. The zero-order valence-corrected chi connectivity index (χ0v) is 21.4. The van der Waals surface area contributed by atoms with Gasteiger partial charge in [-0.1, -0.05) is 69.7 Å². The highest BCUT2D eigenvalue weighted by atomic mass is 79.9. The van der Waals surface area contributed by atoms with E-state index < -0.39 is 12.0 Å². The van der Waals surface area contributed by atoms with Gasteiger partial charge in [-0.25, -0.2) is 9.79 Å². The number of nitrogens with zero attached hydrogens (tertiary/aromatic N) is 2. The third-order valence-corrected chi connectivity index (χ3v) is 7.17. The number of esters is 1. The van der Waals surface area contributed by atoms with Crippen molar-refractivity contribution in [2.24, 2.45) is 4.99 Å². The Morgan fingerprint density at radius 1 is 1.14 bits per heavy atom. The van der Waals surface area contributed by atoms with E-state index in [9.17, 15) is 9.59 Å². The topological polar surface area (TPSA) is 73.8 Å². The molecule has 5 rings (SSSR count). The van der Waals surface area contributed by atoms with E-state index in [0.29, 0.717) is 32.1 Å². The van der Waals surface area contributed by atoms with Crippen molar-refractivity contribution in [2.45, 2.75) is 19.9 Å². The number of hydrogen-bond acceptors (Lipinski definition) is 6. The summed E-state index contributed by atoms with van der Waals surface area (Å²) >= 11 is 4.71. The minimum absolute atomic E-state index is 0.237. The number of hydrogen-bond donors (Lipinski definition) is 0. The number of aromatic nitrogens is 1. The highest BCUT2D eigenvalue weighted by Crippen LogP contribution is 2.30. The summed E-state index contributed by atoms with van der Waals surface area (Å²) < 4.78 is 14.3. The number of fused-ring (bicyclic) bond motifs is 1. The maximum absolute atomic E-state index is 13.6. The van der Waals surface area contributed by atoms with Crippen LogP contribution in [-0.4, -0.2) is 17.1 Å². The molecule has 4 aromatic rings. The Morgan fingerprint density at radius 2 is 1.89 bits per heavy atom. The van der Waals surface area contributed by atoms with Gasteiger partial charge in [0.25, 0.3) is 5.56 Å². The van der Waals surface area contributed by atoms with E-state index in [0.717, 1.165) is 15.6 Å². The molecule has 0 unspecified atom stereocenters. The molecule has 0 aliphatic carbocycles. The Kier molecular flexibility index (Phi) is 6.40. The minimum atomic E-state index is -0.622. The van der Waals surface area contributed by atoms with Gasteiger partial charge in [-0.3, -0.25) is 9.36 Å². The van der Waals surface area contributed by atoms with Crippen LogP contribution in [0.15, 0.2) is 96.7 Å². The number of carbonyl (C=O) groups is 1. The summed E-state index contributed by atoms with van der Waals surface area (Å²) in [6, 6.07) is 20.4.